The van der Waals surface area contributed by atoms with Crippen molar-refractivity contribution in [3.8, 4) is 0 Å². The van der Waals surface area contributed by atoms with E-state index in [1.54, 1.807) is 0 Å². The Bertz CT molecular complexity index is 949. The third-order valence-electron chi connectivity index (χ3n) is 4.45. The fourth-order valence-electron chi connectivity index (χ4n) is 2.61. The van der Waals surface area contributed by atoms with Crippen LogP contribution in [0.4, 0.5) is 17.2 Å². The first kappa shape index (κ1) is 17.0. The van der Waals surface area contributed by atoms with Gasteiger partial charge in [-0.1, -0.05) is 35.4 Å². The summed E-state index contributed by atoms with van der Waals surface area (Å²) in [7, 11) is 1.96. The predicted molar refractivity (Wildman–Crippen MR) is 104 cm³/mol. The molecule has 2 aromatic carbocycles. The zero-order valence-corrected chi connectivity index (χ0v) is 15.5. The summed E-state index contributed by atoms with van der Waals surface area (Å²) in [4.78, 5) is 4.86. The van der Waals surface area contributed by atoms with Crippen LogP contribution in [-0.2, 0) is 7.05 Å². The van der Waals surface area contributed by atoms with Crippen molar-refractivity contribution in [2.75, 3.05) is 5.32 Å². The Morgan fingerprint density at radius 1 is 0.840 bits per heavy atom. The van der Waals surface area contributed by atoms with Crippen molar-refractivity contribution in [1.82, 2.24) is 9.78 Å². The lowest BCUT2D eigenvalue weighted by molar-refractivity contribution is 0.700. The molecule has 0 aliphatic heterocycles. The van der Waals surface area contributed by atoms with Crippen molar-refractivity contribution in [2.24, 2.45) is 12.0 Å². The van der Waals surface area contributed by atoms with Gasteiger partial charge in [-0.05, 0) is 57.5 Å². The fourth-order valence-corrected chi connectivity index (χ4v) is 2.61. The zero-order valence-electron chi connectivity index (χ0n) is 15.5. The first-order valence-electron chi connectivity index (χ1n) is 8.43. The van der Waals surface area contributed by atoms with Gasteiger partial charge >= 0.3 is 0 Å². The molecule has 1 aromatic heterocycles. The summed E-state index contributed by atoms with van der Waals surface area (Å²) >= 11 is 0. The molecule has 25 heavy (non-hydrogen) atoms. The molecule has 0 atom stereocenters. The average molecular weight is 332 g/mol. The molecule has 0 aliphatic rings. The van der Waals surface area contributed by atoms with Crippen LogP contribution < -0.4 is 10.7 Å². The molecule has 1 N–H and O–H groups in total. The van der Waals surface area contributed by atoms with Crippen LogP contribution in [0.1, 0.15) is 22.4 Å². The van der Waals surface area contributed by atoms with E-state index in [1.165, 1.54) is 11.1 Å². The van der Waals surface area contributed by atoms with E-state index < -0.39 is 0 Å². The second kappa shape index (κ2) is 6.93. The van der Waals surface area contributed by atoms with Crippen LogP contribution in [0.5, 0.6) is 0 Å². The van der Waals surface area contributed by atoms with Crippen LogP contribution in [-0.4, -0.2) is 9.78 Å². The molecule has 0 amide bonds. The smallest absolute Gasteiger partial charge is 0.177 e. The maximum atomic E-state index is 4.86. The highest BCUT2D eigenvalue weighted by Crippen LogP contribution is 2.16. The van der Waals surface area contributed by atoms with Crippen LogP contribution in [0.3, 0.4) is 0 Å². The monoisotopic (exact) mass is 332 g/mol. The van der Waals surface area contributed by atoms with Gasteiger partial charge in [-0.15, -0.1) is 0 Å². The second-order valence-electron chi connectivity index (χ2n) is 6.47. The molecule has 0 unspecified atom stereocenters. The van der Waals surface area contributed by atoms with Crippen molar-refractivity contribution >= 4 is 17.2 Å². The van der Waals surface area contributed by atoms with E-state index in [2.05, 4.69) is 74.5 Å². The number of aryl methyl sites for hydroxylation is 3. The Balaban J connectivity index is 2.13. The van der Waals surface area contributed by atoms with Crippen molar-refractivity contribution in [1.29, 1.82) is 0 Å². The number of nitrogens with zero attached hydrogens (tertiary/aromatic N) is 3. The van der Waals surface area contributed by atoms with Crippen LogP contribution in [0.15, 0.2) is 53.5 Å². The van der Waals surface area contributed by atoms with E-state index in [4.69, 9.17) is 4.99 Å². The largest absolute Gasteiger partial charge is 0.337 e. The summed E-state index contributed by atoms with van der Waals surface area (Å²) in [5.41, 5.74) is 6.60. The lowest BCUT2D eigenvalue weighted by Gasteiger charge is -2.13. The highest BCUT2D eigenvalue weighted by atomic mass is 15.3. The van der Waals surface area contributed by atoms with Crippen LogP contribution in [0, 0.1) is 27.7 Å². The van der Waals surface area contributed by atoms with Gasteiger partial charge in [-0.25, -0.2) is 4.99 Å². The molecule has 128 valence electrons. The maximum Gasteiger partial charge on any atom is 0.177 e. The standard InChI is InChI=1S/C21H24N4/c1-14-6-10-18(11-7-14)22-20-16(3)17(4)25(5)24-21(20)23-19-12-8-15(2)9-13-19/h6-13H,1-5H3,(H,23,24). The number of hydrogen-bond donors (Lipinski definition) is 1. The molecule has 0 saturated heterocycles. The summed E-state index contributed by atoms with van der Waals surface area (Å²) in [5.74, 6) is 0.759. The average Bonchev–Trinajstić information content (AvgIpc) is 2.60. The minimum atomic E-state index is 0.759. The minimum absolute atomic E-state index is 0.759. The van der Waals surface area contributed by atoms with Gasteiger partial charge in [0.05, 0.1) is 5.69 Å². The van der Waals surface area contributed by atoms with Gasteiger partial charge < -0.3 is 5.32 Å². The summed E-state index contributed by atoms with van der Waals surface area (Å²) in [6.45, 7) is 8.31. The lowest BCUT2D eigenvalue weighted by Crippen LogP contribution is -2.21. The van der Waals surface area contributed by atoms with Gasteiger partial charge in [0.2, 0.25) is 0 Å². The third kappa shape index (κ3) is 3.79. The van der Waals surface area contributed by atoms with Crippen molar-refractivity contribution in [3.05, 3.63) is 76.3 Å². The number of hydrogen-bond acceptors (Lipinski definition) is 3. The predicted octanol–water partition coefficient (Wildman–Crippen LogP) is 4.63. The van der Waals surface area contributed by atoms with Gasteiger partial charge in [0.15, 0.2) is 5.82 Å². The maximum absolute atomic E-state index is 4.86. The minimum Gasteiger partial charge on any atom is -0.337 e. The van der Waals surface area contributed by atoms with E-state index >= 15 is 0 Å². The molecule has 0 spiro atoms. The Kier molecular flexibility index (Phi) is 4.70. The summed E-state index contributed by atoms with van der Waals surface area (Å²) in [6.07, 6.45) is 0. The lowest BCUT2D eigenvalue weighted by atomic mass is 10.2. The third-order valence-corrected chi connectivity index (χ3v) is 4.45. The Labute approximate surface area is 148 Å². The first-order valence-corrected chi connectivity index (χ1v) is 8.43. The summed E-state index contributed by atoms with van der Waals surface area (Å²) in [5, 5.41) is 8.97. The number of benzene rings is 2. The second-order valence-corrected chi connectivity index (χ2v) is 6.47. The topological polar surface area (TPSA) is 42.2 Å². The highest BCUT2D eigenvalue weighted by Gasteiger charge is 2.08. The van der Waals surface area contributed by atoms with Gasteiger partial charge in [0, 0.05) is 18.4 Å². The number of nitrogens with one attached hydrogen (secondary N) is 1. The quantitative estimate of drug-likeness (QED) is 0.760. The normalized spacial score (nSPS) is 11.6. The van der Waals surface area contributed by atoms with Gasteiger partial charge in [0.25, 0.3) is 0 Å². The van der Waals surface area contributed by atoms with Gasteiger partial charge in [-0.3, -0.25) is 4.68 Å². The molecule has 0 bridgehead atoms. The molecule has 3 aromatic rings. The van der Waals surface area contributed by atoms with Crippen molar-refractivity contribution in [3.63, 3.8) is 0 Å². The van der Waals surface area contributed by atoms with E-state index in [0.717, 1.165) is 33.8 Å². The molecule has 0 fully saturated rings. The molecule has 1 heterocycles. The number of rotatable bonds is 3. The SMILES string of the molecule is Cc1ccc(N=c2c(Nc3ccc(C)cc3)nn(C)c(C)c2C)cc1. The van der Waals surface area contributed by atoms with Crippen LogP contribution >= 0.6 is 0 Å². The highest BCUT2D eigenvalue weighted by molar-refractivity contribution is 5.57. The van der Waals surface area contributed by atoms with Crippen molar-refractivity contribution < 1.29 is 0 Å². The Hall–Kier alpha value is -2.88. The number of anilines is 2. The molecular weight excluding hydrogens is 308 g/mol. The molecule has 0 aliphatic carbocycles. The van der Waals surface area contributed by atoms with Crippen molar-refractivity contribution in [2.45, 2.75) is 27.7 Å². The molecule has 4 heteroatoms. The molecule has 0 radical (unpaired) electrons. The van der Waals surface area contributed by atoms with Gasteiger partial charge in [-0.2, -0.15) is 5.10 Å². The van der Waals surface area contributed by atoms with E-state index in [1.807, 2.05) is 23.9 Å². The van der Waals surface area contributed by atoms with E-state index in [0.29, 0.717) is 0 Å². The van der Waals surface area contributed by atoms with E-state index in [9.17, 15) is 0 Å². The Morgan fingerprint density at radius 3 is 2.00 bits per heavy atom. The zero-order chi connectivity index (χ0) is 18.0. The van der Waals surface area contributed by atoms with Gasteiger partial charge in [0.1, 0.15) is 5.36 Å². The summed E-state index contributed by atoms with van der Waals surface area (Å²) < 4.78 is 1.89. The number of aromatic nitrogens is 2. The Morgan fingerprint density at radius 2 is 1.40 bits per heavy atom. The summed E-state index contributed by atoms with van der Waals surface area (Å²) in [6, 6.07) is 16.5. The van der Waals surface area contributed by atoms with E-state index in [-0.39, 0.29) is 0 Å². The molecular formula is C21H24N4. The molecule has 3 rings (SSSR count). The molecule has 0 saturated carbocycles. The fraction of sp³-hybridized carbons (Fsp3) is 0.238. The van der Waals surface area contributed by atoms with Crippen LogP contribution in [0.25, 0.3) is 0 Å². The van der Waals surface area contributed by atoms with Crippen LogP contribution in [0.2, 0.25) is 0 Å². The molecule has 4 nitrogen and oxygen atoms in total. The first-order chi connectivity index (χ1) is 11.9.